The molecule has 19 heavy (non-hydrogen) atoms. The maximum atomic E-state index is 11.6. The van der Waals surface area contributed by atoms with Crippen LogP contribution in [0.2, 0.25) is 0 Å². The molecule has 98 valence electrons. The summed E-state index contributed by atoms with van der Waals surface area (Å²) in [5.41, 5.74) is 11.0. The van der Waals surface area contributed by atoms with Gasteiger partial charge in [0.05, 0.1) is 0 Å². The highest BCUT2D eigenvalue weighted by molar-refractivity contribution is 5.94. The fraction of sp³-hybridized carbons (Fsp3) is 0.0714. The van der Waals surface area contributed by atoms with Crippen molar-refractivity contribution in [3.8, 4) is 11.5 Å². The molecule has 0 heterocycles. The van der Waals surface area contributed by atoms with E-state index in [-0.39, 0.29) is 5.91 Å². The number of ether oxygens (including phenoxy) is 1. The quantitative estimate of drug-likeness (QED) is 0.722. The standard InChI is InChI=1S/C14H15N3O2/c15-14(16)17-13(18)10-6-8-12(9-7-10)19-11-4-2-1-3-5-11/h1-9,14H,15-16H2,(H,17,18). The van der Waals surface area contributed by atoms with Gasteiger partial charge < -0.3 is 10.1 Å². The Morgan fingerprint density at radius 1 is 0.947 bits per heavy atom. The summed E-state index contributed by atoms with van der Waals surface area (Å²) in [6.45, 7) is 0. The number of hydrogen-bond acceptors (Lipinski definition) is 4. The average molecular weight is 257 g/mol. The molecule has 0 saturated heterocycles. The van der Waals surface area contributed by atoms with Crippen LogP contribution in [-0.2, 0) is 0 Å². The van der Waals surface area contributed by atoms with Gasteiger partial charge in [-0.25, -0.2) is 0 Å². The summed E-state index contributed by atoms with van der Waals surface area (Å²) in [7, 11) is 0. The van der Waals surface area contributed by atoms with E-state index in [1.54, 1.807) is 24.3 Å². The monoisotopic (exact) mass is 257 g/mol. The third kappa shape index (κ3) is 3.80. The van der Waals surface area contributed by atoms with E-state index in [1.165, 1.54) is 0 Å². The van der Waals surface area contributed by atoms with Gasteiger partial charge in [0.2, 0.25) is 0 Å². The molecule has 5 heteroatoms. The van der Waals surface area contributed by atoms with E-state index in [4.69, 9.17) is 16.2 Å². The average Bonchev–Trinajstić information content (AvgIpc) is 2.40. The van der Waals surface area contributed by atoms with Gasteiger partial charge in [-0.05, 0) is 36.4 Å². The Balaban J connectivity index is 2.04. The number of hydrogen-bond donors (Lipinski definition) is 3. The molecule has 0 fully saturated rings. The number of carbonyl (C=O) groups is 1. The van der Waals surface area contributed by atoms with Gasteiger partial charge in [-0.3, -0.25) is 16.3 Å². The second-order valence-corrected chi connectivity index (χ2v) is 3.94. The second kappa shape index (κ2) is 5.99. The van der Waals surface area contributed by atoms with Crippen LogP contribution in [0.4, 0.5) is 0 Å². The van der Waals surface area contributed by atoms with E-state index in [0.29, 0.717) is 11.3 Å². The van der Waals surface area contributed by atoms with Gasteiger partial charge in [0, 0.05) is 5.56 Å². The summed E-state index contributed by atoms with van der Waals surface area (Å²) < 4.78 is 5.61. The van der Waals surface area contributed by atoms with Crippen LogP contribution in [0.5, 0.6) is 11.5 Å². The topological polar surface area (TPSA) is 90.4 Å². The Bertz CT molecular complexity index is 538. The molecule has 0 aromatic heterocycles. The molecule has 0 bridgehead atoms. The molecule has 2 rings (SSSR count). The molecular weight excluding hydrogens is 242 g/mol. The normalized spacial score (nSPS) is 10.3. The Morgan fingerprint density at radius 2 is 1.53 bits per heavy atom. The molecule has 0 unspecified atom stereocenters. The molecule has 5 nitrogen and oxygen atoms in total. The summed E-state index contributed by atoms with van der Waals surface area (Å²) in [6, 6.07) is 16.1. The molecule has 1 amide bonds. The maximum absolute atomic E-state index is 11.6. The van der Waals surface area contributed by atoms with Crippen molar-refractivity contribution in [3.63, 3.8) is 0 Å². The SMILES string of the molecule is NC(N)NC(=O)c1ccc(Oc2ccccc2)cc1. The van der Waals surface area contributed by atoms with E-state index in [1.807, 2.05) is 30.3 Å². The number of nitrogens with one attached hydrogen (secondary N) is 1. The number of amides is 1. The number of rotatable bonds is 4. The summed E-state index contributed by atoms with van der Waals surface area (Å²) in [4.78, 5) is 11.6. The lowest BCUT2D eigenvalue weighted by atomic mass is 10.2. The van der Waals surface area contributed by atoms with E-state index < -0.39 is 6.29 Å². The molecule has 2 aromatic rings. The van der Waals surface area contributed by atoms with Crippen LogP contribution >= 0.6 is 0 Å². The largest absolute Gasteiger partial charge is 0.457 e. The molecule has 0 aliphatic rings. The minimum absolute atomic E-state index is 0.318. The summed E-state index contributed by atoms with van der Waals surface area (Å²) in [5, 5.41) is 2.40. The number of carbonyl (C=O) groups excluding carboxylic acids is 1. The van der Waals surface area contributed by atoms with E-state index in [2.05, 4.69) is 5.32 Å². The zero-order valence-electron chi connectivity index (χ0n) is 10.2. The van der Waals surface area contributed by atoms with Crippen LogP contribution in [0.25, 0.3) is 0 Å². The molecule has 0 radical (unpaired) electrons. The summed E-state index contributed by atoms with van der Waals surface area (Å²) in [5.74, 6) is 1.07. The Labute approximate surface area is 111 Å². The minimum atomic E-state index is -0.868. The van der Waals surface area contributed by atoms with Crippen molar-refractivity contribution in [1.29, 1.82) is 0 Å². The molecule has 0 saturated carbocycles. The van der Waals surface area contributed by atoms with Crippen molar-refractivity contribution in [1.82, 2.24) is 5.32 Å². The third-order valence-electron chi connectivity index (χ3n) is 2.39. The van der Waals surface area contributed by atoms with E-state index in [9.17, 15) is 4.79 Å². The lowest BCUT2D eigenvalue weighted by Gasteiger charge is -2.09. The molecular formula is C14H15N3O2. The Morgan fingerprint density at radius 3 is 2.11 bits per heavy atom. The zero-order valence-corrected chi connectivity index (χ0v) is 10.2. The zero-order chi connectivity index (χ0) is 13.7. The van der Waals surface area contributed by atoms with Gasteiger partial charge in [-0.2, -0.15) is 0 Å². The molecule has 2 aromatic carbocycles. The number of para-hydroxylation sites is 1. The van der Waals surface area contributed by atoms with Gasteiger partial charge in [-0.15, -0.1) is 0 Å². The first-order valence-electron chi connectivity index (χ1n) is 5.80. The highest BCUT2D eigenvalue weighted by atomic mass is 16.5. The molecule has 0 atom stereocenters. The van der Waals surface area contributed by atoms with Crippen molar-refractivity contribution in [3.05, 3.63) is 60.2 Å². The second-order valence-electron chi connectivity index (χ2n) is 3.94. The van der Waals surface area contributed by atoms with E-state index >= 15 is 0 Å². The van der Waals surface area contributed by atoms with Crippen LogP contribution in [0, 0.1) is 0 Å². The highest BCUT2D eigenvalue weighted by Crippen LogP contribution is 2.20. The summed E-state index contributed by atoms with van der Waals surface area (Å²) in [6.07, 6.45) is -0.868. The predicted octanol–water partition coefficient (Wildman–Crippen LogP) is 1.41. The first-order valence-corrected chi connectivity index (χ1v) is 5.80. The Hall–Kier alpha value is -2.37. The molecule has 0 aliphatic heterocycles. The minimum Gasteiger partial charge on any atom is -0.457 e. The van der Waals surface area contributed by atoms with Crippen molar-refractivity contribution in [2.24, 2.45) is 11.5 Å². The van der Waals surface area contributed by atoms with Crippen LogP contribution in [0.1, 0.15) is 10.4 Å². The lowest BCUT2D eigenvalue weighted by Crippen LogP contribution is -2.48. The Kier molecular flexibility index (Phi) is 4.12. The van der Waals surface area contributed by atoms with Crippen molar-refractivity contribution in [2.45, 2.75) is 6.29 Å². The molecule has 5 N–H and O–H groups in total. The number of nitrogens with two attached hydrogens (primary N) is 2. The van der Waals surface area contributed by atoms with Gasteiger partial charge in [0.25, 0.3) is 5.91 Å². The van der Waals surface area contributed by atoms with Gasteiger partial charge >= 0.3 is 0 Å². The highest BCUT2D eigenvalue weighted by Gasteiger charge is 2.07. The third-order valence-corrected chi connectivity index (χ3v) is 2.39. The summed E-state index contributed by atoms with van der Waals surface area (Å²) >= 11 is 0. The molecule has 0 spiro atoms. The van der Waals surface area contributed by atoms with Crippen LogP contribution < -0.4 is 21.5 Å². The molecule has 0 aliphatic carbocycles. The smallest absolute Gasteiger partial charge is 0.253 e. The first-order chi connectivity index (χ1) is 9.15. The van der Waals surface area contributed by atoms with Crippen molar-refractivity contribution in [2.75, 3.05) is 0 Å². The lowest BCUT2D eigenvalue weighted by molar-refractivity contribution is 0.0939. The first kappa shape index (κ1) is 13.1. The number of benzene rings is 2. The predicted molar refractivity (Wildman–Crippen MR) is 72.6 cm³/mol. The maximum Gasteiger partial charge on any atom is 0.253 e. The van der Waals surface area contributed by atoms with Crippen molar-refractivity contribution < 1.29 is 9.53 Å². The van der Waals surface area contributed by atoms with Crippen LogP contribution in [0.15, 0.2) is 54.6 Å². The van der Waals surface area contributed by atoms with E-state index in [0.717, 1.165) is 5.75 Å². The van der Waals surface area contributed by atoms with Crippen molar-refractivity contribution >= 4 is 5.91 Å². The van der Waals surface area contributed by atoms with Gasteiger partial charge in [-0.1, -0.05) is 18.2 Å². The van der Waals surface area contributed by atoms with Gasteiger partial charge in [0.15, 0.2) is 0 Å². The van der Waals surface area contributed by atoms with Gasteiger partial charge in [0.1, 0.15) is 17.8 Å². The fourth-order valence-electron chi connectivity index (χ4n) is 1.53. The van der Waals surface area contributed by atoms with Crippen LogP contribution in [0.3, 0.4) is 0 Å². The fourth-order valence-corrected chi connectivity index (χ4v) is 1.53. The van der Waals surface area contributed by atoms with Crippen LogP contribution in [-0.4, -0.2) is 12.2 Å².